The lowest BCUT2D eigenvalue weighted by molar-refractivity contribution is -0.0682. The highest BCUT2D eigenvalue weighted by atomic mass is 32.2. The molecule has 1 aromatic carbocycles. The van der Waals surface area contributed by atoms with Gasteiger partial charge in [-0.1, -0.05) is 91.0 Å². The molecule has 5 rings (SSSR count). The molecule has 2 aromatic rings. The van der Waals surface area contributed by atoms with Crippen LogP contribution in [0.5, 0.6) is 0 Å². The van der Waals surface area contributed by atoms with Gasteiger partial charge < -0.3 is 27.2 Å². The third kappa shape index (κ3) is 6.70. The third-order valence-corrected chi connectivity index (χ3v) is 21.5. The molecule has 248 valence electrons. The van der Waals surface area contributed by atoms with Gasteiger partial charge in [-0.05, 0) is 40.4 Å². The minimum absolute atomic E-state index is 0.0746. The number of ether oxygens (including phenoxy) is 3. The minimum atomic E-state index is -3.00. The quantitative estimate of drug-likeness (QED) is 0.292. The van der Waals surface area contributed by atoms with Crippen molar-refractivity contribution in [2.24, 2.45) is 0 Å². The second-order valence-corrected chi connectivity index (χ2v) is 24.2. The molecule has 3 aliphatic heterocycles. The number of nitrogens with zero attached hydrogens (tertiary/aromatic N) is 2. The van der Waals surface area contributed by atoms with Crippen molar-refractivity contribution < 1.29 is 32.0 Å². The van der Waals surface area contributed by atoms with Crippen molar-refractivity contribution >= 4 is 52.6 Å². The molecule has 15 heteroatoms. The average molecular weight is 696 g/mol. The number of carbonyl (C=O) groups excluding carboxylic acids is 1. The lowest BCUT2D eigenvalue weighted by Crippen LogP contribution is -2.66. The van der Waals surface area contributed by atoms with Gasteiger partial charge in [-0.15, -0.1) is 0 Å². The summed E-state index contributed by atoms with van der Waals surface area (Å²) >= 11 is 3.25. The van der Waals surface area contributed by atoms with Gasteiger partial charge in [-0.2, -0.15) is 4.98 Å². The molecule has 1 N–H and O–H groups in total. The molecule has 0 aliphatic carbocycles. The summed E-state index contributed by atoms with van der Waals surface area (Å²) in [6.07, 6.45) is -1.79. The molecule has 4 heterocycles. The zero-order valence-corrected chi connectivity index (χ0v) is 31.0. The van der Waals surface area contributed by atoms with Crippen molar-refractivity contribution in [3.05, 3.63) is 47.0 Å². The largest absolute Gasteiger partial charge is 0.453 e. The summed E-state index contributed by atoms with van der Waals surface area (Å²) in [5, 5.41) is 2.45. The molecule has 0 spiro atoms. The molecule has 0 unspecified atom stereocenters. The standard InChI is InChI=1S/C30H45N3O8S2Si2/c1-17(2)44(18(3)4)37-16-21-25(40-45(41-44,19(5)6)20(7)8)26(39-30-42-22-12-10-11-13-23(22)43-30)27(38-21)33-15-14-24(31-28(33)34)32-29(35)36-9/h10-15,17-21,25-27,30H,16H2,1-9H3,(H,31,32,34,35)/t21-,25-,26-,27-/m1/s1. The van der Waals surface area contributed by atoms with E-state index < -0.39 is 53.4 Å². The molecule has 2 saturated heterocycles. The molecule has 1 amide bonds. The van der Waals surface area contributed by atoms with E-state index in [2.05, 4.69) is 82.6 Å². The number of rotatable bonds is 8. The van der Waals surface area contributed by atoms with Gasteiger partial charge in [0.25, 0.3) is 0 Å². The summed E-state index contributed by atoms with van der Waals surface area (Å²) in [5.41, 5.74) is -0.0308. The molecule has 1 aromatic heterocycles. The molecule has 0 radical (unpaired) electrons. The highest BCUT2D eigenvalue weighted by Crippen LogP contribution is 2.52. The Morgan fingerprint density at radius 1 is 0.978 bits per heavy atom. The van der Waals surface area contributed by atoms with E-state index in [9.17, 15) is 9.59 Å². The van der Waals surface area contributed by atoms with Crippen LogP contribution < -0.4 is 11.0 Å². The molecule has 45 heavy (non-hydrogen) atoms. The fraction of sp³-hybridized carbons (Fsp3) is 0.633. The van der Waals surface area contributed by atoms with Gasteiger partial charge in [0, 0.05) is 16.0 Å². The molecule has 4 atom stereocenters. The lowest BCUT2D eigenvalue weighted by atomic mass is 10.1. The number of fused-ring (bicyclic) bond motifs is 2. The maximum absolute atomic E-state index is 13.5. The van der Waals surface area contributed by atoms with Gasteiger partial charge in [-0.3, -0.25) is 9.88 Å². The molecule has 3 aliphatic rings. The fourth-order valence-electron chi connectivity index (χ4n) is 6.38. The van der Waals surface area contributed by atoms with Crippen LogP contribution in [0, 0.1) is 0 Å². The number of nitrogens with one attached hydrogen (secondary N) is 1. The van der Waals surface area contributed by atoms with Crippen LogP contribution in [0.15, 0.2) is 51.1 Å². The van der Waals surface area contributed by atoms with Crippen molar-refractivity contribution in [2.45, 2.75) is 117 Å². The highest BCUT2D eigenvalue weighted by molar-refractivity contribution is 8.19. The Bertz CT molecular complexity index is 1390. The van der Waals surface area contributed by atoms with Crippen molar-refractivity contribution in [1.29, 1.82) is 0 Å². The summed E-state index contributed by atoms with van der Waals surface area (Å²) < 4.78 is 41.1. The van der Waals surface area contributed by atoms with E-state index in [0.717, 1.165) is 9.79 Å². The second-order valence-electron chi connectivity index (χ2n) is 12.8. The molecule has 0 bridgehead atoms. The Morgan fingerprint density at radius 2 is 1.58 bits per heavy atom. The first-order valence-corrected chi connectivity index (χ1v) is 21.2. The van der Waals surface area contributed by atoms with Crippen LogP contribution in [-0.4, -0.2) is 69.6 Å². The van der Waals surface area contributed by atoms with Crippen LogP contribution in [0.1, 0.15) is 61.6 Å². The number of aromatic nitrogens is 2. The predicted octanol–water partition coefficient (Wildman–Crippen LogP) is 6.84. The molecule has 2 fully saturated rings. The first-order chi connectivity index (χ1) is 21.3. The summed E-state index contributed by atoms with van der Waals surface area (Å²) in [4.78, 5) is 31.6. The van der Waals surface area contributed by atoms with Crippen molar-refractivity contribution in [1.82, 2.24) is 9.55 Å². The Morgan fingerprint density at radius 3 is 2.11 bits per heavy atom. The number of hydrogen-bond donors (Lipinski definition) is 1. The van der Waals surface area contributed by atoms with E-state index in [1.54, 1.807) is 29.7 Å². The normalized spacial score (nSPS) is 26.2. The van der Waals surface area contributed by atoms with Crippen molar-refractivity contribution in [2.75, 3.05) is 19.0 Å². The summed E-state index contributed by atoms with van der Waals surface area (Å²) in [7, 11) is -4.57. The van der Waals surface area contributed by atoms with Crippen LogP contribution in [0.4, 0.5) is 10.6 Å². The zero-order chi connectivity index (χ0) is 32.7. The van der Waals surface area contributed by atoms with E-state index in [4.69, 9.17) is 22.4 Å². The number of anilines is 1. The number of methoxy groups -OCH3 is 1. The topological polar surface area (TPSA) is 119 Å². The number of carbonyl (C=O) groups is 1. The minimum Gasteiger partial charge on any atom is -0.453 e. The van der Waals surface area contributed by atoms with Crippen LogP contribution in [0.3, 0.4) is 0 Å². The monoisotopic (exact) mass is 695 g/mol. The van der Waals surface area contributed by atoms with E-state index in [1.807, 2.05) is 12.1 Å². The summed E-state index contributed by atoms with van der Waals surface area (Å²) in [6, 6.07) is 9.71. The number of thioether (sulfide) groups is 2. The highest BCUT2D eigenvalue weighted by Gasteiger charge is 2.62. The van der Waals surface area contributed by atoms with Crippen LogP contribution in [0.2, 0.25) is 22.2 Å². The average Bonchev–Trinajstić information content (AvgIpc) is 3.53. The predicted molar refractivity (Wildman–Crippen MR) is 179 cm³/mol. The van der Waals surface area contributed by atoms with Crippen LogP contribution in [-0.2, 0) is 27.2 Å². The maximum Gasteiger partial charge on any atom is 0.412 e. The Balaban J connectivity index is 1.57. The van der Waals surface area contributed by atoms with Gasteiger partial charge in [0.1, 0.15) is 24.1 Å². The molecule has 11 nitrogen and oxygen atoms in total. The number of benzene rings is 1. The molecular weight excluding hydrogens is 651 g/mol. The van der Waals surface area contributed by atoms with Gasteiger partial charge in [0.05, 0.1) is 13.7 Å². The first-order valence-electron chi connectivity index (χ1n) is 15.5. The smallest absolute Gasteiger partial charge is 0.412 e. The third-order valence-electron chi connectivity index (χ3n) is 8.70. The fourth-order valence-corrected chi connectivity index (χ4v) is 20.2. The van der Waals surface area contributed by atoms with Crippen molar-refractivity contribution in [3.63, 3.8) is 0 Å². The van der Waals surface area contributed by atoms with Crippen LogP contribution >= 0.6 is 23.5 Å². The zero-order valence-electron chi connectivity index (χ0n) is 27.3. The maximum atomic E-state index is 13.5. The van der Waals surface area contributed by atoms with Gasteiger partial charge in [-0.25, -0.2) is 9.59 Å². The van der Waals surface area contributed by atoms with Crippen LogP contribution in [0.25, 0.3) is 0 Å². The Hall–Kier alpha value is -1.70. The summed E-state index contributed by atoms with van der Waals surface area (Å²) in [6.45, 7) is 17.7. The summed E-state index contributed by atoms with van der Waals surface area (Å²) in [5.74, 6) is 0.0746. The lowest BCUT2D eigenvalue weighted by Gasteiger charge is -2.51. The van der Waals surface area contributed by atoms with Gasteiger partial charge in [0.2, 0.25) is 0 Å². The Kier molecular flexibility index (Phi) is 10.6. The van der Waals surface area contributed by atoms with E-state index in [0.29, 0.717) is 0 Å². The number of amides is 1. The molecular formula is C30H45N3O8S2Si2. The molecule has 0 saturated carbocycles. The van der Waals surface area contributed by atoms with E-state index in [-0.39, 0.29) is 39.4 Å². The van der Waals surface area contributed by atoms with E-state index in [1.165, 1.54) is 17.7 Å². The SMILES string of the molecule is COC(=O)Nc1ccn([C@@H]2O[C@@H]3CO[Si](C(C)C)(C(C)C)O[Si](C(C)C)(C(C)C)O[C@H]3[C@H]2OC2Sc3ccccc3S2)c(=O)n1. The van der Waals surface area contributed by atoms with Gasteiger partial charge >= 0.3 is 28.9 Å². The second kappa shape index (κ2) is 13.8. The number of hydrogen-bond acceptors (Lipinski definition) is 11. The Labute approximate surface area is 275 Å². The van der Waals surface area contributed by atoms with E-state index >= 15 is 0 Å². The van der Waals surface area contributed by atoms with Crippen molar-refractivity contribution in [3.8, 4) is 0 Å². The first kappa shape index (κ1) is 34.6. The van der Waals surface area contributed by atoms with Gasteiger partial charge in [0.15, 0.2) is 11.0 Å².